The zero-order chi connectivity index (χ0) is 15.4. The minimum absolute atomic E-state index is 0.105. The van der Waals surface area contributed by atoms with Gasteiger partial charge in [-0.05, 0) is 40.2 Å². The second kappa shape index (κ2) is 6.36. The molecule has 0 aliphatic heterocycles. The predicted octanol–water partition coefficient (Wildman–Crippen LogP) is 2.69. The fraction of sp³-hybridized carbons (Fsp3) is 0.0714. The number of aromatic nitrogens is 1. The Morgan fingerprint density at radius 3 is 2.71 bits per heavy atom. The third-order valence-electron chi connectivity index (χ3n) is 2.60. The summed E-state index contributed by atoms with van der Waals surface area (Å²) in [4.78, 5) is 26.4. The summed E-state index contributed by atoms with van der Waals surface area (Å²) < 4.78 is 6.21. The van der Waals surface area contributed by atoms with E-state index in [0.717, 1.165) is 0 Å². The molecule has 1 aromatic heterocycles. The van der Waals surface area contributed by atoms with E-state index in [1.165, 1.54) is 31.4 Å². The first-order chi connectivity index (χ1) is 10.0. The fourth-order valence-corrected chi connectivity index (χ4v) is 1.90. The SMILES string of the molecule is CNC(=O)c1cc(Oc2cc(C(=O)O)ccc2Br)ccn1. The van der Waals surface area contributed by atoms with Crippen LogP contribution in [0.5, 0.6) is 11.5 Å². The number of nitrogens with one attached hydrogen (secondary N) is 1. The van der Waals surface area contributed by atoms with Crippen molar-refractivity contribution in [2.75, 3.05) is 7.05 Å². The van der Waals surface area contributed by atoms with E-state index in [1.807, 2.05) is 0 Å². The van der Waals surface area contributed by atoms with Crippen molar-refractivity contribution in [2.24, 2.45) is 0 Å². The van der Waals surface area contributed by atoms with Crippen molar-refractivity contribution in [2.45, 2.75) is 0 Å². The lowest BCUT2D eigenvalue weighted by atomic mass is 10.2. The highest BCUT2D eigenvalue weighted by Gasteiger charge is 2.11. The van der Waals surface area contributed by atoms with Gasteiger partial charge in [-0.3, -0.25) is 9.78 Å². The van der Waals surface area contributed by atoms with Gasteiger partial charge in [0.05, 0.1) is 10.0 Å². The molecule has 2 rings (SSSR count). The molecule has 0 unspecified atom stereocenters. The van der Waals surface area contributed by atoms with E-state index < -0.39 is 5.97 Å². The average Bonchev–Trinajstić information content (AvgIpc) is 2.48. The fourth-order valence-electron chi connectivity index (χ4n) is 1.57. The number of carbonyl (C=O) groups excluding carboxylic acids is 1. The molecule has 0 bridgehead atoms. The molecule has 0 saturated heterocycles. The number of ether oxygens (including phenoxy) is 1. The minimum atomic E-state index is -1.05. The summed E-state index contributed by atoms with van der Waals surface area (Å²) in [5.41, 5.74) is 0.314. The quantitative estimate of drug-likeness (QED) is 0.884. The summed E-state index contributed by atoms with van der Waals surface area (Å²) in [5, 5.41) is 11.4. The predicted molar refractivity (Wildman–Crippen MR) is 78.8 cm³/mol. The Bertz CT molecular complexity index is 703. The molecule has 1 heterocycles. The lowest BCUT2D eigenvalue weighted by Crippen LogP contribution is -2.18. The minimum Gasteiger partial charge on any atom is -0.478 e. The smallest absolute Gasteiger partial charge is 0.335 e. The van der Waals surface area contributed by atoms with Crippen molar-refractivity contribution >= 4 is 27.8 Å². The summed E-state index contributed by atoms with van der Waals surface area (Å²) in [6.07, 6.45) is 1.44. The van der Waals surface area contributed by atoms with Crippen molar-refractivity contribution < 1.29 is 19.4 Å². The van der Waals surface area contributed by atoms with E-state index in [-0.39, 0.29) is 17.2 Å². The highest BCUT2D eigenvalue weighted by Crippen LogP contribution is 2.30. The highest BCUT2D eigenvalue weighted by molar-refractivity contribution is 9.10. The number of amides is 1. The third kappa shape index (κ3) is 3.57. The summed E-state index contributed by atoms with van der Waals surface area (Å²) in [6, 6.07) is 7.48. The van der Waals surface area contributed by atoms with Crippen molar-refractivity contribution in [3.8, 4) is 11.5 Å². The number of carboxylic acid groups (broad SMARTS) is 1. The van der Waals surface area contributed by atoms with E-state index in [9.17, 15) is 9.59 Å². The van der Waals surface area contributed by atoms with Gasteiger partial charge in [0.1, 0.15) is 17.2 Å². The number of aromatic carboxylic acids is 1. The Kier molecular flexibility index (Phi) is 4.54. The van der Waals surface area contributed by atoms with Crippen molar-refractivity contribution in [3.63, 3.8) is 0 Å². The van der Waals surface area contributed by atoms with Crippen LogP contribution in [0, 0.1) is 0 Å². The van der Waals surface area contributed by atoms with Crippen LogP contribution in [0.3, 0.4) is 0 Å². The standard InChI is InChI=1S/C14H11BrN2O4/c1-16-13(18)11-7-9(4-5-17-11)21-12-6-8(14(19)20)2-3-10(12)15/h2-7H,1H3,(H,16,18)(H,19,20). The molecule has 0 aliphatic rings. The molecule has 0 radical (unpaired) electrons. The van der Waals surface area contributed by atoms with Crippen LogP contribution in [0.4, 0.5) is 0 Å². The molecule has 21 heavy (non-hydrogen) atoms. The molecule has 0 atom stereocenters. The molecule has 0 fully saturated rings. The topological polar surface area (TPSA) is 88.5 Å². The molecule has 1 aromatic carbocycles. The van der Waals surface area contributed by atoms with Crippen LogP contribution in [0.1, 0.15) is 20.8 Å². The third-order valence-corrected chi connectivity index (χ3v) is 3.25. The number of benzene rings is 1. The summed E-state index contributed by atoms with van der Waals surface area (Å²) >= 11 is 3.29. The van der Waals surface area contributed by atoms with Gasteiger partial charge in [-0.15, -0.1) is 0 Å². The van der Waals surface area contributed by atoms with Crippen LogP contribution in [-0.4, -0.2) is 29.0 Å². The summed E-state index contributed by atoms with van der Waals surface area (Å²) in [7, 11) is 1.50. The largest absolute Gasteiger partial charge is 0.478 e. The van der Waals surface area contributed by atoms with Crippen LogP contribution in [0.25, 0.3) is 0 Å². The van der Waals surface area contributed by atoms with Crippen LogP contribution in [-0.2, 0) is 0 Å². The Morgan fingerprint density at radius 2 is 2.05 bits per heavy atom. The van der Waals surface area contributed by atoms with Gasteiger partial charge in [0, 0.05) is 19.3 Å². The Hall–Kier alpha value is -2.41. The molecule has 6 nitrogen and oxygen atoms in total. The second-order valence-electron chi connectivity index (χ2n) is 4.01. The molecule has 108 valence electrons. The lowest BCUT2D eigenvalue weighted by molar-refractivity contribution is 0.0696. The number of rotatable bonds is 4. The van der Waals surface area contributed by atoms with Crippen LogP contribution >= 0.6 is 15.9 Å². The Labute approximate surface area is 128 Å². The molecule has 0 spiro atoms. The second-order valence-corrected chi connectivity index (χ2v) is 4.86. The normalized spacial score (nSPS) is 10.0. The number of carboxylic acids is 1. The molecule has 0 saturated carbocycles. The Morgan fingerprint density at radius 1 is 1.29 bits per heavy atom. The monoisotopic (exact) mass is 350 g/mol. The molecular weight excluding hydrogens is 340 g/mol. The number of nitrogens with zero attached hydrogens (tertiary/aromatic N) is 1. The van der Waals surface area contributed by atoms with E-state index in [4.69, 9.17) is 9.84 Å². The number of pyridine rings is 1. The first-order valence-corrected chi connectivity index (χ1v) is 6.69. The van der Waals surface area contributed by atoms with Crippen molar-refractivity contribution in [1.82, 2.24) is 10.3 Å². The number of carbonyl (C=O) groups is 2. The Balaban J connectivity index is 2.32. The first kappa shape index (κ1) is 15.0. The zero-order valence-electron chi connectivity index (χ0n) is 11.0. The van der Waals surface area contributed by atoms with Gasteiger partial charge in [-0.1, -0.05) is 0 Å². The number of hydrogen-bond donors (Lipinski definition) is 2. The van der Waals surface area contributed by atoms with Gasteiger partial charge >= 0.3 is 5.97 Å². The molecular formula is C14H11BrN2O4. The van der Waals surface area contributed by atoms with Crippen molar-refractivity contribution in [1.29, 1.82) is 0 Å². The van der Waals surface area contributed by atoms with Gasteiger partial charge < -0.3 is 15.2 Å². The summed E-state index contributed by atoms with van der Waals surface area (Å²) in [6.45, 7) is 0. The number of halogens is 1. The molecule has 0 aliphatic carbocycles. The van der Waals surface area contributed by atoms with Crippen LogP contribution in [0.2, 0.25) is 0 Å². The number of hydrogen-bond acceptors (Lipinski definition) is 4. The van der Waals surface area contributed by atoms with E-state index >= 15 is 0 Å². The van der Waals surface area contributed by atoms with E-state index in [1.54, 1.807) is 12.1 Å². The van der Waals surface area contributed by atoms with E-state index in [2.05, 4.69) is 26.2 Å². The van der Waals surface area contributed by atoms with E-state index in [0.29, 0.717) is 16.0 Å². The first-order valence-electron chi connectivity index (χ1n) is 5.90. The van der Waals surface area contributed by atoms with Gasteiger partial charge in [0.15, 0.2) is 0 Å². The van der Waals surface area contributed by atoms with Gasteiger partial charge in [0.2, 0.25) is 0 Å². The zero-order valence-corrected chi connectivity index (χ0v) is 12.5. The highest BCUT2D eigenvalue weighted by atomic mass is 79.9. The molecule has 2 aromatic rings. The van der Waals surface area contributed by atoms with Gasteiger partial charge in [-0.2, -0.15) is 0 Å². The maximum absolute atomic E-state index is 11.5. The lowest BCUT2D eigenvalue weighted by Gasteiger charge is -2.09. The molecule has 2 N–H and O–H groups in total. The average molecular weight is 351 g/mol. The van der Waals surface area contributed by atoms with Crippen LogP contribution in [0.15, 0.2) is 41.0 Å². The van der Waals surface area contributed by atoms with Crippen LogP contribution < -0.4 is 10.1 Å². The maximum atomic E-state index is 11.5. The van der Waals surface area contributed by atoms with Gasteiger partial charge in [0.25, 0.3) is 5.91 Å². The maximum Gasteiger partial charge on any atom is 0.335 e. The molecule has 7 heteroatoms. The van der Waals surface area contributed by atoms with Crippen molar-refractivity contribution in [3.05, 3.63) is 52.3 Å². The van der Waals surface area contributed by atoms with Gasteiger partial charge in [-0.25, -0.2) is 4.79 Å². The summed E-state index contributed by atoms with van der Waals surface area (Å²) in [5.74, 6) is -0.664. The molecule has 1 amide bonds.